The summed E-state index contributed by atoms with van der Waals surface area (Å²) in [7, 11) is 0. The van der Waals surface area contributed by atoms with Crippen LogP contribution in [-0.4, -0.2) is 10.2 Å². The minimum atomic E-state index is -0.827. The highest BCUT2D eigenvalue weighted by Gasteiger charge is 2.21. The highest BCUT2D eigenvalue weighted by atomic mass is 35.5. The third-order valence-electron chi connectivity index (χ3n) is 4.30. The number of aryl methyl sites for hydroxylation is 1. The molecule has 0 aliphatic heterocycles. The lowest BCUT2D eigenvalue weighted by Crippen LogP contribution is -1.85. The standard InChI is InChI=1S/C21H14ClFO3/c1-11-7-14(24)10-15-18(12-5-3-2-4-6-12)21(26-20(11)15)13-8-16(22)19(25)17(23)9-13/h2-10,24-25H,1H3. The summed E-state index contributed by atoms with van der Waals surface area (Å²) in [6, 6.07) is 15.4. The molecule has 0 spiro atoms. The summed E-state index contributed by atoms with van der Waals surface area (Å²) in [4.78, 5) is 0. The van der Waals surface area contributed by atoms with E-state index in [-0.39, 0.29) is 10.8 Å². The summed E-state index contributed by atoms with van der Waals surface area (Å²) >= 11 is 5.95. The molecule has 1 heterocycles. The maximum atomic E-state index is 14.0. The molecule has 4 rings (SSSR count). The van der Waals surface area contributed by atoms with Crippen molar-refractivity contribution in [1.29, 1.82) is 0 Å². The predicted octanol–water partition coefficient (Wildman–Crippen LogP) is 6.28. The summed E-state index contributed by atoms with van der Waals surface area (Å²) in [5, 5.41) is 20.3. The van der Waals surface area contributed by atoms with Crippen LogP contribution >= 0.6 is 11.6 Å². The number of phenolic OH excluding ortho intramolecular Hbond substituents is 2. The lowest BCUT2D eigenvalue weighted by atomic mass is 9.97. The summed E-state index contributed by atoms with van der Waals surface area (Å²) in [5.74, 6) is -0.886. The number of benzene rings is 3. The zero-order valence-corrected chi connectivity index (χ0v) is 14.5. The van der Waals surface area contributed by atoms with Gasteiger partial charge in [0.05, 0.1) is 5.02 Å². The number of phenols is 2. The quantitative estimate of drug-likeness (QED) is 0.438. The maximum absolute atomic E-state index is 14.0. The van der Waals surface area contributed by atoms with Crippen LogP contribution in [0.25, 0.3) is 33.4 Å². The summed E-state index contributed by atoms with van der Waals surface area (Å²) in [6.45, 7) is 1.83. The van der Waals surface area contributed by atoms with Crippen LogP contribution < -0.4 is 0 Å². The lowest BCUT2D eigenvalue weighted by molar-refractivity contribution is 0.433. The Morgan fingerprint density at radius 3 is 2.38 bits per heavy atom. The molecule has 1 aromatic heterocycles. The highest BCUT2D eigenvalue weighted by Crippen LogP contribution is 2.44. The Morgan fingerprint density at radius 1 is 0.962 bits per heavy atom. The van der Waals surface area contributed by atoms with E-state index in [1.165, 1.54) is 12.1 Å². The van der Waals surface area contributed by atoms with Crippen LogP contribution in [0.5, 0.6) is 11.5 Å². The average molecular weight is 369 g/mol. The Labute approximate surface area is 153 Å². The van der Waals surface area contributed by atoms with E-state index in [0.717, 1.165) is 16.7 Å². The number of fused-ring (bicyclic) bond motifs is 1. The lowest BCUT2D eigenvalue weighted by Gasteiger charge is -2.06. The zero-order chi connectivity index (χ0) is 18.4. The number of aromatic hydroxyl groups is 2. The Bertz CT molecular complexity index is 1110. The molecule has 0 bridgehead atoms. The fourth-order valence-electron chi connectivity index (χ4n) is 3.14. The molecular weight excluding hydrogens is 355 g/mol. The Kier molecular flexibility index (Phi) is 3.85. The van der Waals surface area contributed by atoms with Crippen LogP contribution in [0.3, 0.4) is 0 Å². The highest BCUT2D eigenvalue weighted by molar-refractivity contribution is 6.32. The minimum Gasteiger partial charge on any atom is -0.508 e. The first-order valence-electron chi connectivity index (χ1n) is 7.95. The van der Waals surface area contributed by atoms with E-state index in [1.807, 2.05) is 37.3 Å². The number of hydrogen-bond acceptors (Lipinski definition) is 3. The van der Waals surface area contributed by atoms with Gasteiger partial charge in [0.15, 0.2) is 11.6 Å². The van der Waals surface area contributed by atoms with Crippen molar-refractivity contribution < 1.29 is 19.0 Å². The van der Waals surface area contributed by atoms with Crippen LogP contribution in [0.4, 0.5) is 4.39 Å². The first-order valence-corrected chi connectivity index (χ1v) is 8.33. The van der Waals surface area contributed by atoms with Gasteiger partial charge in [-0.1, -0.05) is 41.9 Å². The summed E-state index contributed by atoms with van der Waals surface area (Å²) in [5.41, 5.74) is 3.34. The largest absolute Gasteiger partial charge is 0.508 e. The second kappa shape index (κ2) is 6.07. The molecule has 3 nitrogen and oxygen atoms in total. The van der Waals surface area contributed by atoms with Crippen LogP contribution in [-0.2, 0) is 0 Å². The number of furan rings is 1. The third-order valence-corrected chi connectivity index (χ3v) is 4.59. The van der Waals surface area contributed by atoms with E-state index < -0.39 is 11.6 Å². The smallest absolute Gasteiger partial charge is 0.170 e. The summed E-state index contributed by atoms with van der Waals surface area (Å²) in [6.07, 6.45) is 0. The Hall–Kier alpha value is -2.98. The van der Waals surface area contributed by atoms with Crippen LogP contribution in [0, 0.1) is 12.7 Å². The molecule has 0 atom stereocenters. The van der Waals surface area contributed by atoms with Gasteiger partial charge in [-0.2, -0.15) is 0 Å². The third kappa shape index (κ3) is 2.59. The molecule has 0 unspecified atom stereocenters. The van der Waals surface area contributed by atoms with Crippen molar-refractivity contribution in [2.75, 3.05) is 0 Å². The van der Waals surface area contributed by atoms with Crippen LogP contribution in [0.1, 0.15) is 5.56 Å². The van der Waals surface area contributed by atoms with Crippen LogP contribution in [0.2, 0.25) is 5.02 Å². The maximum Gasteiger partial charge on any atom is 0.170 e. The molecule has 0 amide bonds. The molecule has 0 fully saturated rings. The van der Waals surface area contributed by atoms with Crippen molar-refractivity contribution in [2.24, 2.45) is 0 Å². The van der Waals surface area contributed by atoms with Gasteiger partial charge in [-0.05, 0) is 42.3 Å². The second-order valence-electron chi connectivity index (χ2n) is 6.10. The van der Waals surface area contributed by atoms with E-state index in [0.29, 0.717) is 22.3 Å². The number of hydrogen-bond donors (Lipinski definition) is 2. The fourth-order valence-corrected chi connectivity index (χ4v) is 3.35. The van der Waals surface area contributed by atoms with Gasteiger partial charge in [-0.3, -0.25) is 0 Å². The van der Waals surface area contributed by atoms with Crippen molar-refractivity contribution in [2.45, 2.75) is 6.92 Å². The first kappa shape index (κ1) is 16.5. The van der Waals surface area contributed by atoms with Gasteiger partial charge in [0.25, 0.3) is 0 Å². The molecule has 0 saturated carbocycles. The molecule has 3 aromatic carbocycles. The Morgan fingerprint density at radius 2 is 1.69 bits per heavy atom. The van der Waals surface area contributed by atoms with E-state index in [9.17, 15) is 14.6 Å². The van der Waals surface area contributed by atoms with Crippen molar-refractivity contribution >= 4 is 22.6 Å². The van der Waals surface area contributed by atoms with Crippen molar-refractivity contribution in [3.63, 3.8) is 0 Å². The molecule has 0 saturated heterocycles. The second-order valence-corrected chi connectivity index (χ2v) is 6.51. The molecule has 0 aliphatic rings. The fraction of sp³-hybridized carbons (Fsp3) is 0.0476. The molecule has 130 valence electrons. The van der Waals surface area contributed by atoms with E-state index >= 15 is 0 Å². The van der Waals surface area contributed by atoms with Crippen molar-refractivity contribution in [3.05, 3.63) is 71.0 Å². The van der Waals surface area contributed by atoms with Gasteiger partial charge in [0, 0.05) is 16.5 Å². The van der Waals surface area contributed by atoms with E-state index in [2.05, 4.69) is 0 Å². The first-order chi connectivity index (χ1) is 12.5. The van der Waals surface area contributed by atoms with Gasteiger partial charge in [-0.15, -0.1) is 0 Å². The predicted molar refractivity (Wildman–Crippen MR) is 100 cm³/mol. The zero-order valence-electron chi connectivity index (χ0n) is 13.8. The van der Waals surface area contributed by atoms with Gasteiger partial charge in [-0.25, -0.2) is 4.39 Å². The van der Waals surface area contributed by atoms with E-state index in [4.69, 9.17) is 16.0 Å². The monoisotopic (exact) mass is 368 g/mol. The topological polar surface area (TPSA) is 53.6 Å². The van der Waals surface area contributed by atoms with Gasteiger partial charge in [0.2, 0.25) is 0 Å². The van der Waals surface area contributed by atoms with Crippen LogP contribution in [0.15, 0.2) is 59.0 Å². The SMILES string of the molecule is Cc1cc(O)cc2c(-c3ccccc3)c(-c3cc(F)c(O)c(Cl)c3)oc12. The average Bonchev–Trinajstić information content (AvgIpc) is 2.99. The molecule has 0 aliphatic carbocycles. The number of halogens is 2. The molecule has 0 radical (unpaired) electrons. The molecule has 26 heavy (non-hydrogen) atoms. The van der Waals surface area contributed by atoms with Crippen molar-refractivity contribution in [3.8, 4) is 33.9 Å². The van der Waals surface area contributed by atoms with Crippen molar-refractivity contribution in [1.82, 2.24) is 0 Å². The Balaban J connectivity index is 2.11. The van der Waals surface area contributed by atoms with Gasteiger partial charge < -0.3 is 14.6 Å². The molecular formula is C21H14ClFO3. The minimum absolute atomic E-state index is 0.0981. The molecule has 2 N–H and O–H groups in total. The van der Waals surface area contributed by atoms with E-state index in [1.54, 1.807) is 12.1 Å². The molecule has 5 heteroatoms. The number of rotatable bonds is 2. The summed E-state index contributed by atoms with van der Waals surface area (Å²) < 4.78 is 20.1. The normalized spacial score (nSPS) is 11.2. The molecule has 4 aromatic rings. The van der Waals surface area contributed by atoms with Gasteiger partial charge in [0.1, 0.15) is 17.1 Å². The van der Waals surface area contributed by atoms with Gasteiger partial charge >= 0.3 is 0 Å².